The molecular formula is C17H17N3O5S2. The van der Waals surface area contributed by atoms with Crippen LogP contribution in [0.15, 0.2) is 51.2 Å². The van der Waals surface area contributed by atoms with Crippen molar-refractivity contribution in [2.45, 2.75) is 18.4 Å². The minimum atomic E-state index is -3.78. The Balaban J connectivity index is 1.56. The van der Waals surface area contributed by atoms with E-state index in [1.807, 2.05) is 24.4 Å². The third-order valence-electron chi connectivity index (χ3n) is 3.65. The third kappa shape index (κ3) is 4.59. The smallest absolute Gasteiger partial charge is 0.321 e. The molecule has 0 unspecified atom stereocenters. The third-order valence-corrected chi connectivity index (χ3v) is 6.33. The molecule has 0 aliphatic heterocycles. The summed E-state index contributed by atoms with van der Waals surface area (Å²) in [6.45, 7) is 1.20. The molecule has 2 heterocycles. The van der Waals surface area contributed by atoms with Crippen LogP contribution in [0, 0.1) is 6.92 Å². The zero-order valence-corrected chi connectivity index (χ0v) is 16.3. The molecular weight excluding hydrogens is 390 g/mol. The van der Waals surface area contributed by atoms with Gasteiger partial charge in [0.15, 0.2) is 6.61 Å². The second-order valence-electron chi connectivity index (χ2n) is 5.72. The Morgan fingerprint density at radius 1 is 1.26 bits per heavy atom. The average Bonchev–Trinajstić information content (AvgIpc) is 3.31. The SMILES string of the molecule is Cc1ccc(S(=O)(=O)N(C)CC(=O)OCc2nc(-c3cccs3)no2)cc1. The van der Waals surface area contributed by atoms with Crippen LogP contribution in [0.5, 0.6) is 0 Å². The predicted octanol–water partition coefficient (Wildman–Crippen LogP) is 2.47. The standard InChI is InChI=1S/C17H17N3O5S2/c1-12-5-7-13(8-6-12)27(22,23)20(2)10-16(21)24-11-15-18-17(19-25-15)14-4-3-9-26-14/h3-9H,10-11H2,1-2H3. The number of carbonyl (C=O) groups is 1. The molecule has 0 amide bonds. The monoisotopic (exact) mass is 407 g/mol. The Bertz CT molecular complexity index is 1010. The molecule has 0 atom stereocenters. The lowest BCUT2D eigenvalue weighted by molar-refractivity contribution is -0.145. The van der Waals surface area contributed by atoms with E-state index in [0.717, 1.165) is 14.7 Å². The first-order valence-corrected chi connectivity index (χ1v) is 10.2. The van der Waals surface area contributed by atoms with Gasteiger partial charge in [-0.05, 0) is 30.5 Å². The summed E-state index contributed by atoms with van der Waals surface area (Å²) in [4.78, 5) is 17.1. The first-order chi connectivity index (χ1) is 12.9. The first kappa shape index (κ1) is 19.2. The van der Waals surface area contributed by atoms with Gasteiger partial charge in [0.2, 0.25) is 15.8 Å². The Kier molecular flexibility index (Phi) is 5.68. The molecule has 0 N–H and O–H groups in total. The highest BCUT2D eigenvalue weighted by Gasteiger charge is 2.23. The number of hydrogen-bond donors (Lipinski definition) is 0. The zero-order valence-electron chi connectivity index (χ0n) is 14.7. The molecule has 142 valence electrons. The lowest BCUT2D eigenvalue weighted by atomic mass is 10.2. The number of nitrogens with zero attached hydrogens (tertiary/aromatic N) is 3. The number of carbonyl (C=O) groups excluding carboxylic acids is 1. The lowest BCUT2D eigenvalue weighted by Gasteiger charge is -2.16. The van der Waals surface area contributed by atoms with E-state index in [9.17, 15) is 13.2 Å². The predicted molar refractivity (Wildman–Crippen MR) is 98.4 cm³/mol. The van der Waals surface area contributed by atoms with E-state index in [4.69, 9.17) is 9.26 Å². The maximum atomic E-state index is 12.5. The summed E-state index contributed by atoms with van der Waals surface area (Å²) in [5.74, 6) is -0.171. The maximum absolute atomic E-state index is 12.5. The molecule has 3 aromatic rings. The summed E-state index contributed by atoms with van der Waals surface area (Å²) >= 11 is 1.46. The van der Waals surface area contributed by atoms with Crippen LogP contribution < -0.4 is 0 Å². The van der Waals surface area contributed by atoms with E-state index < -0.39 is 22.5 Å². The fourth-order valence-electron chi connectivity index (χ4n) is 2.16. The molecule has 0 bridgehead atoms. The van der Waals surface area contributed by atoms with Crippen LogP contribution in [0.2, 0.25) is 0 Å². The summed E-state index contributed by atoms with van der Waals surface area (Å²) in [5, 5.41) is 5.69. The van der Waals surface area contributed by atoms with Gasteiger partial charge in [0.05, 0.1) is 9.77 Å². The van der Waals surface area contributed by atoms with Gasteiger partial charge in [0.1, 0.15) is 6.54 Å². The molecule has 27 heavy (non-hydrogen) atoms. The molecule has 0 saturated carbocycles. The second kappa shape index (κ2) is 7.99. The van der Waals surface area contributed by atoms with Crippen LogP contribution in [0.25, 0.3) is 10.7 Å². The molecule has 0 radical (unpaired) electrons. The molecule has 10 heteroatoms. The number of hydrogen-bond acceptors (Lipinski definition) is 8. The number of aryl methyl sites for hydroxylation is 1. The van der Waals surface area contributed by atoms with Crippen molar-refractivity contribution < 1.29 is 22.5 Å². The van der Waals surface area contributed by atoms with E-state index in [-0.39, 0.29) is 17.4 Å². The summed E-state index contributed by atoms with van der Waals surface area (Å²) in [7, 11) is -2.46. The normalized spacial score (nSPS) is 11.7. The summed E-state index contributed by atoms with van der Waals surface area (Å²) in [6.07, 6.45) is 0. The Morgan fingerprint density at radius 2 is 2.00 bits per heavy atom. The van der Waals surface area contributed by atoms with Crippen LogP contribution in [0.3, 0.4) is 0 Å². The van der Waals surface area contributed by atoms with E-state index >= 15 is 0 Å². The molecule has 2 aromatic heterocycles. The Hall–Kier alpha value is -2.56. The van der Waals surface area contributed by atoms with Crippen molar-refractivity contribution >= 4 is 27.3 Å². The molecule has 0 aliphatic carbocycles. The van der Waals surface area contributed by atoms with Crippen LogP contribution >= 0.6 is 11.3 Å². The number of sulfonamides is 1. The van der Waals surface area contributed by atoms with E-state index in [1.54, 1.807) is 12.1 Å². The molecule has 3 rings (SSSR count). The largest absolute Gasteiger partial charge is 0.455 e. The molecule has 1 aromatic carbocycles. The van der Waals surface area contributed by atoms with Crippen LogP contribution in [-0.4, -0.2) is 42.4 Å². The van der Waals surface area contributed by atoms with Crippen LogP contribution in [-0.2, 0) is 26.2 Å². The zero-order chi connectivity index (χ0) is 19.4. The van der Waals surface area contributed by atoms with Gasteiger partial charge in [-0.25, -0.2) is 8.42 Å². The van der Waals surface area contributed by atoms with Crippen molar-refractivity contribution in [3.8, 4) is 10.7 Å². The fraction of sp³-hybridized carbons (Fsp3) is 0.235. The summed E-state index contributed by atoms with van der Waals surface area (Å²) < 4.78 is 35.9. The highest BCUT2D eigenvalue weighted by Crippen LogP contribution is 2.21. The number of aromatic nitrogens is 2. The molecule has 0 saturated heterocycles. The van der Waals surface area contributed by atoms with Crippen molar-refractivity contribution in [1.29, 1.82) is 0 Å². The van der Waals surface area contributed by atoms with E-state index in [1.165, 1.54) is 30.5 Å². The van der Waals surface area contributed by atoms with Gasteiger partial charge in [0.25, 0.3) is 5.89 Å². The van der Waals surface area contributed by atoms with Gasteiger partial charge >= 0.3 is 5.97 Å². The van der Waals surface area contributed by atoms with Crippen molar-refractivity contribution in [3.63, 3.8) is 0 Å². The van der Waals surface area contributed by atoms with Crippen LogP contribution in [0.1, 0.15) is 11.5 Å². The van der Waals surface area contributed by atoms with Gasteiger partial charge in [-0.2, -0.15) is 9.29 Å². The number of esters is 1. The number of rotatable bonds is 7. The van der Waals surface area contributed by atoms with Crippen molar-refractivity contribution in [2.75, 3.05) is 13.6 Å². The van der Waals surface area contributed by atoms with Crippen molar-refractivity contribution in [3.05, 3.63) is 53.2 Å². The average molecular weight is 407 g/mol. The lowest BCUT2D eigenvalue weighted by Crippen LogP contribution is -2.33. The topological polar surface area (TPSA) is 103 Å². The Labute approximate surface area is 160 Å². The number of benzene rings is 1. The van der Waals surface area contributed by atoms with E-state index in [2.05, 4.69) is 10.1 Å². The van der Waals surface area contributed by atoms with Gasteiger partial charge in [0, 0.05) is 7.05 Å². The highest BCUT2D eigenvalue weighted by atomic mass is 32.2. The maximum Gasteiger partial charge on any atom is 0.321 e. The fourth-order valence-corrected chi connectivity index (χ4v) is 3.93. The summed E-state index contributed by atoms with van der Waals surface area (Å²) in [6, 6.07) is 10.1. The number of thiophene rings is 1. The minimum Gasteiger partial charge on any atom is -0.455 e. The molecule has 8 nitrogen and oxygen atoms in total. The first-order valence-electron chi connectivity index (χ1n) is 7.91. The highest BCUT2D eigenvalue weighted by molar-refractivity contribution is 7.89. The van der Waals surface area contributed by atoms with Gasteiger partial charge in [-0.15, -0.1) is 11.3 Å². The quantitative estimate of drug-likeness (QED) is 0.554. The van der Waals surface area contributed by atoms with Crippen molar-refractivity contribution in [2.24, 2.45) is 0 Å². The van der Waals surface area contributed by atoms with Gasteiger partial charge < -0.3 is 9.26 Å². The van der Waals surface area contributed by atoms with Crippen LogP contribution in [0.4, 0.5) is 0 Å². The Morgan fingerprint density at radius 3 is 2.67 bits per heavy atom. The molecule has 0 spiro atoms. The molecule has 0 aliphatic rings. The van der Waals surface area contributed by atoms with Gasteiger partial charge in [-0.3, -0.25) is 4.79 Å². The van der Waals surface area contributed by atoms with E-state index in [0.29, 0.717) is 5.82 Å². The molecule has 0 fully saturated rings. The number of likely N-dealkylation sites (N-methyl/N-ethyl adjacent to an activating group) is 1. The summed E-state index contributed by atoms with van der Waals surface area (Å²) in [5.41, 5.74) is 0.942. The van der Waals surface area contributed by atoms with Gasteiger partial charge in [-0.1, -0.05) is 28.9 Å². The van der Waals surface area contributed by atoms with Crippen molar-refractivity contribution in [1.82, 2.24) is 14.4 Å². The minimum absolute atomic E-state index is 0.112. The number of ether oxygens (including phenoxy) is 1. The second-order valence-corrected chi connectivity index (χ2v) is 8.72.